The summed E-state index contributed by atoms with van der Waals surface area (Å²) in [5.41, 5.74) is 6.32. The second kappa shape index (κ2) is 16.5. The zero-order valence-corrected chi connectivity index (χ0v) is 31.3. The second-order valence-electron chi connectivity index (χ2n) is 16.4. The summed E-state index contributed by atoms with van der Waals surface area (Å²) in [6.07, 6.45) is 17.1. The highest BCUT2D eigenvalue weighted by Gasteiger charge is 2.44. The number of nitrogens with one attached hydrogen (secondary N) is 4. The molecule has 0 spiro atoms. The lowest BCUT2D eigenvalue weighted by Gasteiger charge is -2.31. The molecule has 9 heteroatoms. The molecule has 8 nitrogen and oxygen atoms in total. The van der Waals surface area contributed by atoms with Crippen molar-refractivity contribution in [1.82, 2.24) is 31.1 Å². The molecule has 4 bridgehead atoms. The van der Waals surface area contributed by atoms with Crippen molar-refractivity contribution >= 4 is 23.8 Å². The van der Waals surface area contributed by atoms with Gasteiger partial charge in [-0.1, -0.05) is 48.5 Å². The van der Waals surface area contributed by atoms with Crippen molar-refractivity contribution in [3.63, 3.8) is 0 Å². The smallest absolute Gasteiger partial charge is 0.315 e. The predicted octanol–water partition coefficient (Wildman–Crippen LogP) is 8.00. The molecule has 4 fully saturated rings. The van der Waals surface area contributed by atoms with E-state index in [9.17, 15) is 9.59 Å². The summed E-state index contributed by atoms with van der Waals surface area (Å²) in [6, 6.07) is 21.3. The number of amides is 4. The van der Waals surface area contributed by atoms with Gasteiger partial charge in [0.25, 0.3) is 0 Å². The molecule has 2 saturated carbocycles. The van der Waals surface area contributed by atoms with Gasteiger partial charge in [0.05, 0.1) is 0 Å². The van der Waals surface area contributed by atoms with E-state index in [1.54, 1.807) is 34.0 Å². The standard InChI is InChI=1S/C42H60N6O2S/c49-41(45-31-13-9-29(10-14-31)21-25-47-37-17-18-38(47)34-6-2-1-5-33(34)37)43-23-27-51-28-24-44-42(50)46-32-15-11-30(12-16-32)22-26-48-39-19-20-40(48)36-8-4-3-7-35(36)39/h1-8,29-32,37-40H,9-28H2,(H2,43,45,49)(H2,44,46,50)/t29?,30?,31?,32?,37-,38+,39-,40+. The Labute approximate surface area is 310 Å². The number of thioether (sulfide) groups is 1. The molecule has 4 atom stereocenters. The van der Waals surface area contributed by atoms with Crippen LogP contribution in [0.4, 0.5) is 9.59 Å². The minimum atomic E-state index is -0.0357. The lowest BCUT2D eigenvalue weighted by molar-refractivity contribution is 0.185. The van der Waals surface area contributed by atoms with Crippen LogP contribution in [-0.4, -0.2) is 71.6 Å². The molecule has 4 heterocycles. The van der Waals surface area contributed by atoms with E-state index in [1.807, 2.05) is 0 Å². The van der Waals surface area contributed by atoms with Crippen molar-refractivity contribution in [3.05, 3.63) is 70.8 Å². The van der Waals surface area contributed by atoms with Crippen LogP contribution in [0.15, 0.2) is 48.5 Å². The number of carbonyl (C=O) groups is 2. The fraction of sp³-hybridized carbons (Fsp3) is 0.667. The van der Waals surface area contributed by atoms with Gasteiger partial charge in [-0.05, 0) is 137 Å². The molecule has 51 heavy (non-hydrogen) atoms. The number of urea groups is 2. The molecule has 276 valence electrons. The zero-order valence-electron chi connectivity index (χ0n) is 30.5. The molecule has 4 amide bonds. The Hall–Kier alpha value is -2.75. The normalized spacial score (nSPS) is 30.9. The molecular formula is C42H60N6O2S. The van der Waals surface area contributed by atoms with Gasteiger partial charge < -0.3 is 21.3 Å². The van der Waals surface area contributed by atoms with Gasteiger partial charge in [0.1, 0.15) is 0 Å². The SMILES string of the molecule is O=C(NCCSCCNC(=O)NC1CCC(CCN2[C@@H]3CC[C@H]2c2ccccc23)CC1)NC1CCC(CCN2[C@@H]3CC[C@H]2c2ccccc23)CC1. The Balaban J connectivity index is 0.617. The number of hydrogen-bond donors (Lipinski definition) is 4. The predicted molar refractivity (Wildman–Crippen MR) is 207 cm³/mol. The first-order valence-electron chi connectivity index (χ1n) is 20.5. The highest BCUT2D eigenvalue weighted by atomic mass is 32.2. The highest BCUT2D eigenvalue weighted by molar-refractivity contribution is 7.99. The van der Waals surface area contributed by atoms with Crippen molar-refractivity contribution in [2.45, 2.75) is 126 Å². The summed E-state index contributed by atoms with van der Waals surface area (Å²) in [7, 11) is 0. The van der Waals surface area contributed by atoms with Gasteiger partial charge in [0.15, 0.2) is 0 Å². The molecule has 4 N–H and O–H groups in total. The third kappa shape index (κ3) is 8.11. The third-order valence-corrected chi connectivity index (χ3v) is 14.5. The first-order valence-corrected chi connectivity index (χ1v) is 21.6. The highest BCUT2D eigenvalue weighted by Crippen LogP contribution is 2.54. The number of hydrogen-bond acceptors (Lipinski definition) is 5. The van der Waals surface area contributed by atoms with Crippen LogP contribution in [0.1, 0.15) is 136 Å². The Morgan fingerprint density at radius 3 is 1.24 bits per heavy atom. The molecule has 2 aliphatic carbocycles. The van der Waals surface area contributed by atoms with Gasteiger partial charge >= 0.3 is 12.1 Å². The molecule has 2 aromatic rings. The second-order valence-corrected chi connectivity index (χ2v) is 17.6. The van der Waals surface area contributed by atoms with Crippen LogP contribution in [0, 0.1) is 11.8 Å². The minimum Gasteiger partial charge on any atom is -0.337 e. The minimum absolute atomic E-state index is 0.0357. The van der Waals surface area contributed by atoms with Crippen LogP contribution in [0.2, 0.25) is 0 Å². The molecule has 6 aliphatic rings. The molecule has 0 radical (unpaired) electrons. The first-order chi connectivity index (χ1) is 25.1. The van der Waals surface area contributed by atoms with Crippen molar-refractivity contribution in [1.29, 1.82) is 0 Å². The summed E-state index contributed by atoms with van der Waals surface area (Å²) >= 11 is 1.77. The monoisotopic (exact) mass is 712 g/mol. The van der Waals surface area contributed by atoms with Crippen molar-refractivity contribution < 1.29 is 9.59 Å². The molecule has 0 unspecified atom stereocenters. The van der Waals surface area contributed by atoms with E-state index in [0.717, 1.165) is 49.0 Å². The number of nitrogens with zero attached hydrogens (tertiary/aromatic N) is 2. The van der Waals surface area contributed by atoms with E-state index in [2.05, 4.69) is 79.6 Å². The van der Waals surface area contributed by atoms with Crippen LogP contribution in [0.25, 0.3) is 0 Å². The van der Waals surface area contributed by atoms with Gasteiger partial charge in [-0.2, -0.15) is 11.8 Å². The Morgan fingerprint density at radius 1 is 0.529 bits per heavy atom. The van der Waals surface area contributed by atoms with Crippen molar-refractivity contribution in [3.8, 4) is 0 Å². The summed E-state index contributed by atoms with van der Waals surface area (Å²) < 4.78 is 0. The Bertz CT molecular complexity index is 1320. The maximum absolute atomic E-state index is 12.5. The Morgan fingerprint density at radius 2 is 0.882 bits per heavy atom. The molecule has 8 rings (SSSR count). The lowest BCUT2D eigenvalue weighted by Crippen LogP contribution is -2.44. The van der Waals surface area contributed by atoms with Crippen LogP contribution in [-0.2, 0) is 0 Å². The average Bonchev–Trinajstić information content (AvgIpc) is 3.92. The summed E-state index contributed by atoms with van der Waals surface area (Å²) in [5, 5.41) is 12.5. The van der Waals surface area contributed by atoms with E-state index in [4.69, 9.17) is 0 Å². The fourth-order valence-electron chi connectivity index (χ4n) is 10.8. The molecule has 4 aliphatic heterocycles. The number of rotatable bonds is 14. The van der Waals surface area contributed by atoms with Crippen molar-refractivity contribution in [2.75, 3.05) is 37.7 Å². The maximum atomic E-state index is 12.5. The van der Waals surface area contributed by atoms with Crippen LogP contribution < -0.4 is 21.3 Å². The number of carbonyl (C=O) groups excluding carboxylic acids is 2. The molecule has 2 saturated heterocycles. The quantitative estimate of drug-likeness (QED) is 0.149. The van der Waals surface area contributed by atoms with Crippen LogP contribution in [0.3, 0.4) is 0 Å². The largest absolute Gasteiger partial charge is 0.337 e. The fourth-order valence-corrected chi connectivity index (χ4v) is 11.5. The van der Waals surface area contributed by atoms with Gasteiger partial charge in [0, 0.05) is 60.8 Å². The number of fused-ring (bicyclic) bond motifs is 10. The first kappa shape index (κ1) is 35.3. The summed E-state index contributed by atoms with van der Waals surface area (Å²) in [4.78, 5) is 30.6. The zero-order chi connectivity index (χ0) is 34.6. The van der Waals surface area contributed by atoms with Gasteiger partial charge in [0.2, 0.25) is 0 Å². The van der Waals surface area contributed by atoms with Crippen molar-refractivity contribution in [2.24, 2.45) is 11.8 Å². The Kier molecular flexibility index (Phi) is 11.4. The maximum Gasteiger partial charge on any atom is 0.315 e. The third-order valence-electron chi connectivity index (χ3n) is 13.5. The molecular weight excluding hydrogens is 653 g/mol. The van der Waals surface area contributed by atoms with Gasteiger partial charge in [-0.25, -0.2) is 9.59 Å². The van der Waals surface area contributed by atoms with E-state index < -0.39 is 0 Å². The summed E-state index contributed by atoms with van der Waals surface area (Å²) in [6.45, 7) is 3.72. The van der Waals surface area contributed by atoms with Crippen LogP contribution >= 0.6 is 11.8 Å². The molecule has 0 aromatic heterocycles. The average molecular weight is 713 g/mol. The van der Waals surface area contributed by atoms with E-state index in [1.165, 1.54) is 77.3 Å². The van der Waals surface area contributed by atoms with E-state index in [-0.39, 0.29) is 12.1 Å². The molecule has 2 aromatic carbocycles. The summed E-state index contributed by atoms with van der Waals surface area (Å²) in [5.74, 6) is 3.25. The van der Waals surface area contributed by atoms with E-state index >= 15 is 0 Å². The van der Waals surface area contributed by atoms with E-state index in [0.29, 0.717) is 49.3 Å². The van der Waals surface area contributed by atoms with Gasteiger partial charge in [-0.3, -0.25) is 9.80 Å². The van der Waals surface area contributed by atoms with Crippen LogP contribution in [0.5, 0.6) is 0 Å². The lowest BCUT2D eigenvalue weighted by atomic mass is 9.84. The number of benzene rings is 2. The van der Waals surface area contributed by atoms with Gasteiger partial charge in [-0.15, -0.1) is 0 Å². The topological polar surface area (TPSA) is 88.7 Å².